The van der Waals surface area contributed by atoms with Gasteiger partial charge in [0.25, 0.3) is 0 Å². The van der Waals surface area contributed by atoms with E-state index in [0.717, 1.165) is 23.6 Å². The highest BCUT2D eigenvalue weighted by atomic mass is 19.1. The summed E-state index contributed by atoms with van der Waals surface area (Å²) in [6, 6.07) is 5.57. The van der Waals surface area contributed by atoms with Gasteiger partial charge in [-0.15, -0.1) is 0 Å². The molecule has 1 N–H and O–H groups in total. The molecule has 1 aliphatic carbocycles. The average molecular weight is 235 g/mol. The Hall–Kier alpha value is -0.890. The Morgan fingerprint density at radius 1 is 1.35 bits per heavy atom. The molecule has 0 saturated heterocycles. The van der Waals surface area contributed by atoms with Crippen LogP contribution in [0.2, 0.25) is 0 Å². The third kappa shape index (κ3) is 3.29. The van der Waals surface area contributed by atoms with E-state index < -0.39 is 0 Å². The first-order valence-corrected chi connectivity index (χ1v) is 6.65. The van der Waals surface area contributed by atoms with Gasteiger partial charge in [0.2, 0.25) is 0 Å². The summed E-state index contributed by atoms with van der Waals surface area (Å²) in [4.78, 5) is 0. The molecule has 2 rings (SSSR count). The Bertz CT molecular complexity index is 369. The van der Waals surface area contributed by atoms with Crippen molar-refractivity contribution in [3.8, 4) is 0 Å². The molecule has 1 aromatic carbocycles. The summed E-state index contributed by atoms with van der Waals surface area (Å²) >= 11 is 0. The molecule has 0 spiro atoms. The lowest BCUT2D eigenvalue weighted by atomic mass is 9.99. The fourth-order valence-electron chi connectivity index (χ4n) is 2.73. The summed E-state index contributed by atoms with van der Waals surface area (Å²) < 4.78 is 13.1. The predicted molar refractivity (Wildman–Crippen MR) is 69.4 cm³/mol. The zero-order valence-electron chi connectivity index (χ0n) is 10.8. The van der Waals surface area contributed by atoms with E-state index in [0.29, 0.717) is 6.04 Å². The zero-order valence-corrected chi connectivity index (χ0v) is 10.8. The second kappa shape index (κ2) is 5.63. The van der Waals surface area contributed by atoms with Gasteiger partial charge in [0, 0.05) is 12.6 Å². The smallest absolute Gasteiger partial charge is 0.123 e. The van der Waals surface area contributed by atoms with Gasteiger partial charge in [-0.1, -0.05) is 18.9 Å². The van der Waals surface area contributed by atoms with E-state index in [-0.39, 0.29) is 5.82 Å². The van der Waals surface area contributed by atoms with Crippen molar-refractivity contribution in [2.75, 3.05) is 0 Å². The third-order valence-corrected chi connectivity index (χ3v) is 4.03. The molecule has 0 aromatic heterocycles. The average Bonchev–Trinajstić information content (AvgIpc) is 2.83. The molecule has 1 aliphatic rings. The number of hydrogen-bond acceptors (Lipinski definition) is 1. The van der Waals surface area contributed by atoms with Crippen LogP contribution in [0.3, 0.4) is 0 Å². The normalized spacial score (nSPS) is 18.5. The van der Waals surface area contributed by atoms with E-state index >= 15 is 0 Å². The molecule has 0 radical (unpaired) electrons. The van der Waals surface area contributed by atoms with Crippen LogP contribution >= 0.6 is 0 Å². The van der Waals surface area contributed by atoms with Gasteiger partial charge in [0.05, 0.1) is 0 Å². The van der Waals surface area contributed by atoms with Gasteiger partial charge in [-0.25, -0.2) is 4.39 Å². The molecule has 94 valence electrons. The summed E-state index contributed by atoms with van der Waals surface area (Å²) in [5.41, 5.74) is 2.24. The summed E-state index contributed by atoms with van der Waals surface area (Å²) in [6.07, 6.45) is 5.43. The maximum atomic E-state index is 13.1. The molecule has 1 nitrogen and oxygen atoms in total. The first kappa shape index (κ1) is 12.6. The first-order valence-electron chi connectivity index (χ1n) is 6.65. The molecule has 0 heterocycles. The van der Waals surface area contributed by atoms with Gasteiger partial charge < -0.3 is 5.32 Å². The second-order valence-electron chi connectivity index (χ2n) is 5.28. The number of nitrogens with one attached hydrogen (secondary N) is 1. The quantitative estimate of drug-likeness (QED) is 0.837. The highest BCUT2D eigenvalue weighted by Crippen LogP contribution is 2.27. The van der Waals surface area contributed by atoms with Crippen molar-refractivity contribution in [3.05, 3.63) is 35.1 Å². The highest BCUT2D eigenvalue weighted by molar-refractivity contribution is 5.26. The molecule has 2 heteroatoms. The van der Waals surface area contributed by atoms with Crippen molar-refractivity contribution in [2.24, 2.45) is 5.92 Å². The van der Waals surface area contributed by atoms with E-state index in [9.17, 15) is 4.39 Å². The van der Waals surface area contributed by atoms with Gasteiger partial charge in [-0.3, -0.25) is 0 Å². The Labute approximate surface area is 103 Å². The number of halogens is 1. The zero-order chi connectivity index (χ0) is 12.3. The molecule has 1 fully saturated rings. The van der Waals surface area contributed by atoms with Crippen LogP contribution in [0.4, 0.5) is 4.39 Å². The highest BCUT2D eigenvalue weighted by Gasteiger charge is 2.20. The molecule has 1 atom stereocenters. The Morgan fingerprint density at radius 2 is 2.06 bits per heavy atom. The van der Waals surface area contributed by atoms with Crippen molar-refractivity contribution in [3.63, 3.8) is 0 Å². The van der Waals surface area contributed by atoms with Crippen molar-refractivity contribution in [2.45, 2.75) is 52.1 Å². The molecule has 0 bridgehead atoms. The number of aryl methyl sites for hydroxylation is 1. The minimum atomic E-state index is -0.138. The molecular weight excluding hydrogens is 213 g/mol. The van der Waals surface area contributed by atoms with Crippen molar-refractivity contribution in [1.82, 2.24) is 5.32 Å². The molecular formula is C15H22FN. The van der Waals surface area contributed by atoms with Gasteiger partial charge in [0.15, 0.2) is 0 Å². The lowest BCUT2D eigenvalue weighted by Gasteiger charge is -2.21. The molecule has 1 aromatic rings. The Morgan fingerprint density at radius 3 is 2.76 bits per heavy atom. The number of benzene rings is 1. The minimum Gasteiger partial charge on any atom is -0.310 e. The van der Waals surface area contributed by atoms with Crippen LogP contribution in [0.15, 0.2) is 18.2 Å². The van der Waals surface area contributed by atoms with Gasteiger partial charge in [-0.05, 0) is 55.9 Å². The lowest BCUT2D eigenvalue weighted by Crippen LogP contribution is -2.31. The van der Waals surface area contributed by atoms with E-state index in [1.165, 1.54) is 31.7 Å². The topological polar surface area (TPSA) is 12.0 Å². The lowest BCUT2D eigenvalue weighted by molar-refractivity contribution is 0.380. The predicted octanol–water partition coefficient (Wildman–Crippen LogP) is 3.80. The SMILES string of the molecule is Cc1ccc(F)cc1CN[C@@H](C)C1CCCC1. The van der Waals surface area contributed by atoms with Gasteiger partial charge >= 0.3 is 0 Å². The Kier molecular flexibility index (Phi) is 4.16. The van der Waals surface area contributed by atoms with Crippen LogP contribution < -0.4 is 5.32 Å². The fourth-order valence-corrected chi connectivity index (χ4v) is 2.73. The van der Waals surface area contributed by atoms with Gasteiger partial charge in [0.1, 0.15) is 5.82 Å². The van der Waals surface area contributed by atoms with Crippen LogP contribution in [-0.2, 0) is 6.54 Å². The van der Waals surface area contributed by atoms with Gasteiger partial charge in [-0.2, -0.15) is 0 Å². The van der Waals surface area contributed by atoms with E-state index in [1.807, 2.05) is 13.0 Å². The van der Waals surface area contributed by atoms with Crippen LogP contribution in [0.1, 0.15) is 43.7 Å². The molecule has 0 amide bonds. The standard InChI is InChI=1S/C15H22FN/c1-11-7-8-15(16)9-14(11)10-17-12(2)13-5-3-4-6-13/h7-9,12-13,17H,3-6,10H2,1-2H3/t12-/m0/s1. The summed E-state index contributed by atoms with van der Waals surface area (Å²) in [6.45, 7) is 5.07. The maximum absolute atomic E-state index is 13.1. The molecule has 0 aliphatic heterocycles. The largest absolute Gasteiger partial charge is 0.310 e. The monoisotopic (exact) mass is 235 g/mol. The van der Waals surface area contributed by atoms with Crippen molar-refractivity contribution < 1.29 is 4.39 Å². The Balaban J connectivity index is 1.90. The van der Waals surface area contributed by atoms with Crippen molar-refractivity contribution >= 4 is 0 Å². The third-order valence-electron chi connectivity index (χ3n) is 4.03. The minimum absolute atomic E-state index is 0.138. The first-order chi connectivity index (χ1) is 8.16. The summed E-state index contributed by atoms with van der Waals surface area (Å²) in [5, 5.41) is 3.54. The fraction of sp³-hybridized carbons (Fsp3) is 0.600. The molecule has 0 unspecified atom stereocenters. The van der Waals surface area contributed by atoms with Crippen molar-refractivity contribution in [1.29, 1.82) is 0 Å². The number of rotatable bonds is 4. The summed E-state index contributed by atoms with van der Waals surface area (Å²) in [5.74, 6) is 0.671. The van der Waals surface area contributed by atoms with Crippen LogP contribution in [0, 0.1) is 18.7 Å². The van der Waals surface area contributed by atoms with Crippen LogP contribution in [-0.4, -0.2) is 6.04 Å². The van der Waals surface area contributed by atoms with E-state index in [1.54, 1.807) is 6.07 Å². The molecule has 1 saturated carbocycles. The van der Waals surface area contributed by atoms with Crippen LogP contribution in [0.5, 0.6) is 0 Å². The van der Waals surface area contributed by atoms with E-state index in [4.69, 9.17) is 0 Å². The maximum Gasteiger partial charge on any atom is 0.123 e. The number of hydrogen-bond donors (Lipinski definition) is 1. The summed E-state index contributed by atoms with van der Waals surface area (Å²) in [7, 11) is 0. The van der Waals surface area contributed by atoms with E-state index in [2.05, 4.69) is 12.2 Å². The molecule has 17 heavy (non-hydrogen) atoms. The van der Waals surface area contributed by atoms with Crippen LogP contribution in [0.25, 0.3) is 0 Å². The second-order valence-corrected chi connectivity index (χ2v) is 5.28.